The lowest BCUT2D eigenvalue weighted by molar-refractivity contribution is -0.387. The molecule has 0 amide bonds. The molecule has 0 heterocycles. The molecule has 6 nitrogen and oxygen atoms in total. The number of nitro groups is 1. The highest BCUT2D eigenvalue weighted by Gasteiger charge is 2.25. The van der Waals surface area contributed by atoms with Gasteiger partial charge in [-0.2, -0.15) is 8.70 Å². The first-order valence-electron chi connectivity index (χ1n) is 6.67. The highest BCUT2D eigenvalue weighted by molar-refractivity contribution is 7.89. The summed E-state index contributed by atoms with van der Waals surface area (Å²) in [6.45, 7) is 2.02. The average Bonchev–Trinajstić information content (AvgIpc) is 2.49. The van der Waals surface area contributed by atoms with E-state index in [1.54, 1.807) is 12.1 Å². The number of nitrogens with zero attached hydrogens (tertiary/aromatic N) is 2. The third-order valence-electron chi connectivity index (χ3n) is 3.35. The first-order chi connectivity index (χ1) is 10.7. The van der Waals surface area contributed by atoms with Gasteiger partial charge in [0, 0.05) is 19.7 Å². The molecular weight excluding hydrogens is 323 g/mol. The van der Waals surface area contributed by atoms with Crippen molar-refractivity contribution >= 4 is 15.7 Å². The second-order valence-electron chi connectivity index (χ2n) is 5.12. The summed E-state index contributed by atoms with van der Waals surface area (Å²) in [5.74, 6) is -1.07. The number of rotatable bonds is 5. The molecule has 0 fully saturated rings. The molecule has 2 rings (SSSR count). The Bertz CT molecular complexity index is 835. The van der Waals surface area contributed by atoms with E-state index in [4.69, 9.17) is 0 Å². The minimum atomic E-state index is -3.96. The topological polar surface area (TPSA) is 80.5 Å². The van der Waals surface area contributed by atoms with Crippen LogP contribution in [0.1, 0.15) is 11.1 Å². The lowest BCUT2D eigenvalue weighted by Gasteiger charge is -2.17. The molecule has 0 aliphatic carbocycles. The standard InChI is InChI=1S/C15H15FN2O4S/c1-11-3-5-12(6-4-11)10-17(2)23(21,22)13-7-8-14(16)15(9-13)18(19)20/h3-9H,10H2,1-2H3. The minimum absolute atomic E-state index is 0.105. The van der Waals surface area contributed by atoms with E-state index in [0.717, 1.165) is 33.6 Å². The Morgan fingerprint density at radius 3 is 2.35 bits per heavy atom. The summed E-state index contributed by atoms with van der Waals surface area (Å²) in [4.78, 5) is 9.48. The van der Waals surface area contributed by atoms with Gasteiger partial charge in [0.2, 0.25) is 15.8 Å². The lowest BCUT2D eigenvalue weighted by Crippen LogP contribution is -2.26. The molecule has 0 N–H and O–H groups in total. The van der Waals surface area contributed by atoms with E-state index >= 15 is 0 Å². The third kappa shape index (κ3) is 3.72. The number of hydrogen-bond donors (Lipinski definition) is 0. The fourth-order valence-electron chi connectivity index (χ4n) is 2.01. The van der Waals surface area contributed by atoms with Crippen LogP contribution in [0.3, 0.4) is 0 Å². The van der Waals surface area contributed by atoms with Gasteiger partial charge in [-0.3, -0.25) is 10.1 Å². The molecule has 0 aliphatic heterocycles. The quantitative estimate of drug-likeness (QED) is 0.620. The molecule has 0 aromatic heterocycles. The number of nitro benzene ring substituents is 1. The molecule has 0 unspecified atom stereocenters. The average molecular weight is 338 g/mol. The van der Waals surface area contributed by atoms with Crippen LogP contribution < -0.4 is 0 Å². The molecule has 0 atom stereocenters. The van der Waals surface area contributed by atoms with Crippen molar-refractivity contribution in [1.82, 2.24) is 4.31 Å². The maximum Gasteiger partial charge on any atom is 0.306 e. The molecule has 0 aliphatic rings. The molecule has 23 heavy (non-hydrogen) atoms. The van der Waals surface area contributed by atoms with E-state index in [9.17, 15) is 22.9 Å². The van der Waals surface area contributed by atoms with Crippen molar-refractivity contribution in [3.8, 4) is 0 Å². The molecule has 2 aromatic rings. The van der Waals surface area contributed by atoms with Gasteiger partial charge < -0.3 is 0 Å². The first-order valence-corrected chi connectivity index (χ1v) is 8.11. The number of sulfonamides is 1. The SMILES string of the molecule is Cc1ccc(CN(C)S(=O)(=O)c2ccc(F)c([N+](=O)[O-])c2)cc1. The molecule has 122 valence electrons. The lowest BCUT2D eigenvalue weighted by atomic mass is 10.1. The van der Waals surface area contributed by atoms with E-state index in [1.165, 1.54) is 7.05 Å². The maximum atomic E-state index is 13.3. The van der Waals surface area contributed by atoms with Crippen LogP contribution in [0.5, 0.6) is 0 Å². The number of halogens is 1. The normalized spacial score (nSPS) is 11.7. The predicted octanol–water partition coefficient (Wildman–Crippen LogP) is 2.86. The Morgan fingerprint density at radius 2 is 1.78 bits per heavy atom. The minimum Gasteiger partial charge on any atom is -0.258 e. The van der Waals surface area contributed by atoms with E-state index < -0.39 is 26.5 Å². The smallest absolute Gasteiger partial charge is 0.258 e. The van der Waals surface area contributed by atoms with Crippen molar-refractivity contribution in [3.63, 3.8) is 0 Å². The summed E-state index contributed by atoms with van der Waals surface area (Å²) in [7, 11) is -2.59. The fourth-order valence-corrected chi connectivity index (χ4v) is 3.19. The Hall–Kier alpha value is -2.32. The van der Waals surface area contributed by atoms with Gasteiger partial charge in [0.1, 0.15) is 0 Å². The Kier molecular flexibility index (Phi) is 4.76. The summed E-state index contributed by atoms with van der Waals surface area (Å²) < 4.78 is 39.3. The van der Waals surface area contributed by atoms with Crippen molar-refractivity contribution in [1.29, 1.82) is 0 Å². The highest BCUT2D eigenvalue weighted by atomic mass is 32.2. The summed E-state index contributed by atoms with van der Waals surface area (Å²) in [5.41, 5.74) is 0.960. The molecule has 2 aromatic carbocycles. The van der Waals surface area contributed by atoms with Crippen LogP contribution in [0.15, 0.2) is 47.4 Å². The van der Waals surface area contributed by atoms with Gasteiger partial charge in [-0.1, -0.05) is 29.8 Å². The largest absolute Gasteiger partial charge is 0.306 e. The third-order valence-corrected chi connectivity index (χ3v) is 5.15. The molecular formula is C15H15FN2O4S. The van der Waals surface area contributed by atoms with Crippen LogP contribution >= 0.6 is 0 Å². The molecule has 0 spiro atoms. The number of hydrogen-bond acceptors (Lipinski definition) is 4. The van der Waals surface area contributed by atoms with Gasteiger partial charge in [-0.05, 0) is 24.6 Å². The van der Waals surface area contributed by atoms with Gasteiger partial charge in [-0.25, -0.2) is 8.42 Å². The second kappa shape index (κ2) is 6.43. The molecule has 0 bridgehead atoms. The molecule has 0 radical (unpaired) electrons. The maximum absolute atomic E-state index is 13.3. The van der Waals surface area contributed by atoms with Gasteiger partial charge in [0.05, 0.1) is 9.82 Å². The Labute approximate surface area is 133 Å². The van der Waals surface area contributed by atoms with Crippen LogP contribution in [0, 0.1) is 22.9 Å². The van der Waals surface area contributed by atoms with Crippen molar-refractivity contribution in [3.05, 3.63) is 69.5 Å². The summed E-state index contributed by atoms with van der Waals surface area (Å²) in [6, 6.07) is 9.85. The van der Waals surface area contributed by atoms with E-state index in [0.29, 0.717) is 0 Å². The van der Waals surface area contributed by atoms with Crippen molar-refractivity contribution in [2.45, 2.75) is 18.4 Å². The molecule has 0 saturated heterocycles. The van der Waals surface area contributed by atoms with Crippen LogP contribution in [0.4, 0.5) is 10.1 Å². The fraction of sp³-hybridized carbons (Fsp3) is 0.200. The van der Waals surface area contributed by atoms with Gasteiger partial charge in [0.25, 0.3) is 0 Å². The summed E-state index contributed by atoms with van der Waals surface area (Å²) >= 11 is 0. The van der Waals surface area contributed by atoms with Crippen molar-refractivity contribution in [2.24, 2.45) is 0 Å². The summed E-state index contributed by atoms with van der Waals surface area (Å²) in [5, 5.41) is 10.8. The van der Waals surface area contributed by atoms with Crippen molar-refractivity contribution < 1.29 is 17.7 Å². The van der Waals surface area contributed by atoms with E-state index in [-0.39, 0.29) is 11.4 Å². The van der Waals surface area contributed by atoms with Crippen LogP contribution in [0.2, 0.25) is 0 Å². The van der Waals surface area contributed by atoms with Crippen LogP contribution in [0.25, 0.3) is 0 Å². The second-order valence-corrected chi connectivity index (χ2v) is 7.16. The predicted molar refractivity (Wildman–Crippen MR) is 82.9 cm³/mol. The Balaban J connectivity index is 2.32. The highest BCUT2D eigenvalue weighted by Crippen LogP contribution is 2.24. The molecule has 8 heteroatoms. The monoisotopic (exact) mass is 338 g/mol. The van der Waals surface area contributed by atoms with Crippen molar-refractivity contribution in [2.75, 3.05) is 7.05 Å². The van der Waals surface area contributed by atoms with Gasteiger partial charge >= 0.3 is 5.69 Å². The zero-order chi connectivity index (χ0) is 17.2. The van der Waals surface area contributed by atoms with Crippen LogP contribution in [-0.4, -0.2) is 24.7 Å². The van der Waals surface area contributed by atoms with E-state index in [2.05, 4.69) is 0 Å². The first kappa shape index (κ1) is 17.0. The zero-order valence-electron chi connectivity index (χ0n) is 12.6. The van der Waals surface area contributed by atoms with Crippen LogP contribution in [-0.2, 0) is 16.6 Å². The van der Waals surface area contributed by atoms with Gasteiger partial charge in [0.15, 0.2) is 0 Å². The number of aryl methyl sites for hydroxylation is 1. The van der Waals surface area contributed by atoms with Gasteiger partial charge in [-0.15, -0.1) is 0 Å². The van der Waals surface area contributed by atoms with E-state index in [1.807, 2.05) is 19.1 Å². The number of benzene rings is 2. The zero-order valence-corrected chi connectivity index (χ0v) is 13.4. The summed E-state index contributed by atoms with van der Waals surface area (Å²) in [6.07, 6.45) is 0. The Morgan fingerprint density at radius 1 is 1.17 bits per heavy atom. The molecule has 0 saturated carbocycles.